The van der Waals surface area contributed by atoms with Crippen LogP contribution in [-0.4, -0.2) is 11.5 Å². The highest BCUT2D eigenvalue weighted by molar-refractivity contribution is 5.84. The highest BCUT2D eigenvalue weighted by Gasteiger charge is 2.28. The molecule has 0 saturated heterocycles. The van der Waals surface area contributed by atoms with Crippen LogP contribution in [0, 0.1) is 5.92 Å². The number of halogens is 1. The topological polar surface area (TPSA) is 17.1 Å². The third kappa shape index (κ3) is 4.12. The molecule has 0 heterocycles. The van der Waals surface area contributed by atoms with Gasteiger partial charge in [0.05, 0.1) is 0 Å². The molecule has 1 atom stereocenters. The number of Topliss-reactive ketones (excluding diaryl/α,β-unsaturated/α-hetero) is 1. The lowest BCUT2D eigenvalue weighted by Crippen LogP contribution is -2.27. The first-order valence-electron chi connectivity index (χ1n) is 4.06. The van der Waals surface area contributed by atoms with Gasteiger partial charge in [-0.3, -0.25) is 4.79 Å². The second-order valence-corrected chi connectivity index (χ2v) is 3.69. The zero-order valence-corrected chi connectivity index (χ0v) is 7.78. The molecule has 0 bridgehead atoms. The van der Waals surface area contributed by atoms with Crippen LogP contribution < -0.4 is 0 Å². The molecule has 0 saturated carbocycles. The van der Waals surface area contributed by atoms with Crippen molar-refractivity contribution in [3.05, 3.63) is 0 Å². The zero-order chi connectivity index (χ0) is 9.07. The van der Waals surface area contributed by atoms with Gasteiger partial charge in [0, 0.05) is 0 Å². The molecule has 0 fully saturated rings. The average molecular weight is 160 g/mol. The van der Waals surface area contributed by atoms with Gasteiger partial charge in [0.25, 0.3) is 0 Å². The number of ketones is 1. The predicted octanol–water partition coefficient (Wildman–Crippen LogP) is 2.74. The number of rotatable bonds is 4. The zero-order valence-electron chi connectivity index (χ0n) is 7.78. The van der Waals surface area contributed by atoms with Crippen LogP contribution >= 0.6 is 0 Å². The smallest absolute Gasteiger partial charge is 0.166 e. The lowest BCUT2D eigenvalue weighted by Gasteiger charge is -2.17. The summed E-state index contributed by atoms with van der Waals surface area (Å²) >= 11 is 0. The van der Waals surface area contributed by atoms with E-state index in [1.807, 2.05) is 13.8 Å². The summed E-state index contributed by atoms with van der Waals surface area (Å²) in [7, 11) is 0. The van der Waals surface area contributed by atoms with E-state index in [0.717, 1.165) is 6.42 Å². The standard InChI is InChI=1S/C9H17FO/c1-7(2)5-6-9(4,10)8(3)11/h7H,5-6H2,1-4H3. The molecule has 2 heteroatoms. The minimum Gasteiger partial charge on any atom is -0.296 e. The van der Waals surface area contributed by atoms with Crippen LogP contribution in [0.4, 0.5) is 4.39 Å². The van der Waals surface area contributed by atoms with E-state index < -0.39 is 5.67 Å². The third-order valence-corrected chi connectivity index (χ3v) is 1.93. The van der Waals surface area contributed by atoms with Crippen molar-refractivity contribution in [3.63, 3.8) is 0 Å². The van der Waals surface area contributed by atoms with Crippen LogP contribution in [0.25, 0.3) is 0 Å². The van der Waals surface area contributed by atoms with Crippen molar-refractivity contribution >= 4 is 5.78 Å². The Morgan fingerprint density at radius 3 is 2.27 bits per heavy atom. The molecule has 0 aromatic carbocycles. The van der Waals surface area contributed by atoms with E-state index in [9.17, 15) is 9.18 Å². The van der Waals surface area contributed by atoms with Gasteiger partial charge in [-0.1, -0.05) is 13.8 Å². The number of carbonyl (C=O) groups is 1. The Balaban J connectivity index is 3.83. The Morgan fingerprint density at radius 2 is 2.00 bits per heavy atom. The molecular weight excluding hydrogens is 143 g/mol. The van der Waals surface area contributed by atoms with Gasteiger partial charge in [-0.25, -0.2) is 4.39 Å². The average Bonchev–Trinajstić information content (AvgIpc) is 1.84. The van der Waals surface area contributed by atoms with Gasteiger partial charge in [0.2, 0.25) is 0 Å². The highest BCUT2D eigenvalue weighted by atomic mass is 19.1. The minimum atomic E-state index is -1.61. The van der Waals surface area contributed by atoms with Crippen molar-refractivity contribution in [2.24, 2.45) is 5.92 Å². The SMILES string of the molecule is CC(=O)C(C)(F)CCC(C)C. The second kappa shape index (κ2) is 3.84. The normalized spacial score (nSPS) is 16.5. The van der Waals surface area contributed by atoms with Crippen molar-refractivity contribution in [3.8, 4) is 0 Å². The first kappa shape index (κ1) is 10.6. The molecule has 0 aliphatic carbocycles. The number of hydrogen-bond acceptors (Lipinski definition) is 1. The summed E-state index contributed by atoms with van der Waals surface area (Å²) < 4.78 is 13.2. The Hall–Kier alpha value is -0.400. The third-order valence-electron chi connectivity index (χ3n) is 1.93. The van der Waals surface area contributed by atoms with Gasteiger partial charge in [0.15, 0.2) is 11.5 Å². The Labute approximate surface area is 68.0 Å². The summed E-state index contributed by atoms with van der Waals surface area (Å²) in [6, 6.07) is 0. The molecule has 0 amide bonds. The molecule has 0 spiro atoms. The van der Waals surface area contributed by atoms with Crippen LogP contribution in [0.5, 0.6) is 0 Å². The van der Waals surface area contributed by atoms with E-state index in [-0.39, 0.29) is 5.78 Å². The van der Waals surface area contributed by atoms with Crippen LogP contribution in [-0.2, 0) is 4.79 Å². The Bertz CT molecular complexity index is 138. The number of hydrogen-bond donors (Lipinski definition) is 0. The fourth-order valence-electron chi connectivity index (χ4n) is 0.736. The molecular formula is C9H17FO. The number of alkyl halides is 1. The molecule has 0 radical (unpaired) electrons. The summed E-state index contributed by atoms with van der Waals surface area (Å²) in [6.07, 6.45) is 1.12. The fourth-order valence-corrected chi connectivity index (χ4v) is 0.736. The maximum Gasteiger partial charge on any atom is 0.166 e. The van der Waals surface area contributed by atoms with Crippen molar-refractivity contribution in [2.75, 3.05) is 0 Å². The summed E-state index contributed by atoms with van der Waals surface area (Å²) in [6.45, 7) is 6.71. The van der Waals surface area contributed by atoms with Crippen molar-refractivity contribution < 1.29 is 9.18 Å². The molecule has 0 aliphatic heterocycles. The van der Waals surface area contributed by atoms with Crippen LogP contribution in [0.1, 0.15) is 40.5 Å². The molecule has 0 N–H and O–H groups in total. The van der Waals surface area contributed by atoms with Gasteiger partial charge in [0.1, 0.15) is 0 Å². The quantitative estimate of drug-likeness (QED) is 0.618. The summed E-state index contributed by atoms with van der Waals surface area (Å²) in [5.41, 5.74) is -1.61. The first-order valence-corrected chi connectivity index (χ1v) is 4.06. The predicted molar refractivity (Wildman–Crippen MR) is 44.3 cm³/mol. The van der Waals surface area contributed by atoms with E-state index in [1.165, 1.54) is 13.8 Å². The Kier molecular flexibility index (Phi) is 3.70. The maximum atomic E-state index is 13.2. The van der Waals surface area contributed by atoms with E-state index in [2.05, 4.69) is 0 Å². The molecule has 1 nitrogen and oxygen atoms in total. The first-order chi connectivity index (χ1) is 4.86. The van der Waals surface area contributed by atoms with Gasteiger partial charge in [-0.2, -0.15) is 0 Å². The largest absolute Gasteiger partial charge is 0.296 e. The monoisotopic (exact) mass is 160 g/mol. The Morgan fingerprint density at radius 1 is 1.55 bits per heavy atom. The lowest BCUT2D eigenvalue weighted by atomic mass is 9.94. The molecule has 0 aromatic heterocycles. The molecule has 0 rings (SSSR count). The van der Waals surface area contributed by atoms with E-state index in [0.29, 0.717) is 12.3 Å². The van der Waals surface area contributed by atoms with Crippen molar-refractivity contribution in [1.82, 2.24) is 0 Å². The molecule has 0 aliphatic rings. The van der Waals surface area contributed by atoms with Crippen LogP contribution in [0.2, 0.25) is 0 Å². The van der Waals surface area contributed by atoms with E-state index in [1.54, 1.807) is 0 Å². The summed E-state index contributed by atoms with van der Waals surface area (Å²) in [5.74, 6) is 0.0996. The molecule has 11 heavy (non-hydrogen) atoms. The van der Waals surface area contributed by atoms with Gasteiger partial charge < -0.3 is 0 Å². The van der Waals surface area contributed by atoms with Crippen LogP contribution in [0.15, 0.2) is 0 Å². The van der Waals surface area contributed by atoms with E-state index >= 15 is 0 Å². The van der Waals surface area contributed by atoms with Crippen LogP contribution in [0.3, 0.4) is 0 Å². The maximum absolute atomic E-state index is 13.2. The molecule has 0 aromatic rings. The summed E-state index contributed by atoms with van der Waals surface area (Å²) in [4.78, 5) is 10.7. The minimum absolute atomic E-state index is 0.347. The van der Waals surface area contributed by atoms with Crippen molar-refractivity contribution in [1.29, 1.82) is 0 Å². The fraction of sp³-hybridized carbons (Fsp3) is 0.889. The second-order valence-electron chi connectivity index (χ2n) is 3.69. The molecule has 1 unspecified atom stereocenters. The summed E-state index contributed by atoms with van der Waals surface area (Å²) in [5, 5.41) is 0. The van der Waals surface area contributed by atoms with Gasteiger partial charge in [-0.15, -0.1) is 0 Å². The highest BCUT2D eigenvalue weighted by Crippen LogP contribution is 2.21. The van der Waals surface area contributed by atoms with E-state index in [4.69, 9.17) is 0 Å². The van der Waals surface area contributed by atoms with Gasteiger partial charge in [-0.05, 0) is 32.6 Å². The van der Waals surface area contributed by atoms with Crippen molar-refractivity contribution in [2.45, 2.75) is 46.2 Å². The lowest BCUT2D eigenvalue weighted by molar-refractivity contribution is -0.127. The van der Waals surface area contributed by atoms with Gasteiger partial charge >= 0.3 is 0 Å². The molecule has 66 valence electrons. The number of carbonyl (C=O) groups excluding carboxylic acids is 1.